The van der Waals surface area contributed by atoms with E-state index < -0.39 is 0 Å². The summed E-state index contributed by atoms with van der Waals surface area (Å²) in [6, 6.07) is 0. The Balaban J connectivity index is -0.000000525. The number of ketones is 1. The molecule has 0 unspecified atom stereocenters. The molecule has 0 spiro atoms. The van der Waals surface area contributed by atoms with Crippen molar-refractivity contribution >= 4 is 95.6 Å². The number of hydrogen-bond acceptors (Lipinski definition) is 9. The Bertz CT molecular complexity index is 775. The number of nitrogens with one attached hydrogen (secondary N) is 1. The van der Waals surface area contributed by atoms with Crippen molar-refractivity contribution in [1.29, 1.82) is 0 Å². The molecule has 39 heavy (non-hydrogen) atoms. The molecule has 5 amide bonds. The van der Waals surface area contributed by atoms with Gasteiger partial charge in [0.15, 0.2) is 0 Å². The van der Waals surface area contributed by atoms with Crippen LogP contribution in [0.4, 0.5) is 0 Å². The van der Waals surface area contributed by atoms with Crippen molar-refractivity contribution in [2.24, 2.45) is 5.73 Å². The Morgan fingerprint density at radius 3 is 1.31 bits per heavy atom. The molecule has 0 radical (unpaired) electrons. The predicted molar refractivity (Wildman–Crippen MR) is 179 cm³/mol. The van der Waals surface area contributed by atoms with E-state index in [0.717, 1.165) is 38.5 Å². The fourth-order valence-electron chi connectivity index (χ4n) is 2.98. The fourth-order valence-corrected chi connectivity index (χ4v) is 2.98. The Kier molecular flexibility index (Phi) is 32.7. The van der Waals surface area contributed by atoms with E-state index in [9.17, 15) is 28.8 Å². The van der Waals surface area contributed by atoms with Gasteiger partial charge in [0.2, 0.25) is 5.91 Å². The van der Waals surface area contributed by atoms with Crippen LogP contribution in [0.1, 0.15) is 58.3 Å². The summed E-state index contributed by atoms with van der Waals surface area (Å²) in [5, 5.41) is 2.54. The molecule has 10 nitrogen and oxygen atoms in total. The number of rotatable bonds is 12. The van der Waals surface area contributed by atoms with Gasteiger partial charge in [0.05, 0.1) is 0 Å². The molecule has 0 aromatic carbocycles. The molecule has 3 N–H and O–H groups in total. The number of Topliss-reactive ketones (excluding diaryl/α,β-unsaturated/α-hetero) is 1. The van der Waals surface area contributed by atoms with Gasteiger partial charge in [-0.2, -0.15) is 0 Å². The van der Waals surface area contributed by atoms with Gasteiger partial charge < -0.3 is 15.8 Å². The molecule has 2 aliphatic rings. The second-order valence-electron chi connectivity index (χ2n) is 7.63. The number of carbonyl (C=O) groups is 6. The summed E-state index contributed by atoms with van der Waals surface area (Å²) < 4.78 is 0. The third-order valence-corrected chi connectivity index (χ3v) is 4.78. The summed E-state index contributed by atoms with van der Waals surface area (Å²) in [5.74, 6) is -0.731. The molecule has 0 aromatic rings. The van der Waals surface area contributed by atoms with Gasteiger partial charge in [0.25, 0.3) is 23.6 Å². The van der Waals surface area contributed by atoms with Crippen LogP contribution in [0, 0.1) is 0 Å². The molecule has 0 saturated carbocycles. The van der Waals surface area contributed by atoms with E-state index in [4.69, 9.17) is 0 Å². The smallest absolute Gasteiger partial charge is 0.253 e. The highest BCUT2D eigenvalue weighted by Gasteiger charge is 2.22. The second-order valence-corrected chi connectivity index (χ2v) is 13.5. The number of nitrogens with two attached hydrogens (primary N) is 1. The summed E-state index contributed by atoms with van der Waals surface area (Å²) >= 11 is 4.41. The van der Waals surface area contributed by atoms with Crippen molar-refractivity contribution < 1.29 is 28.8 Å². The van der Waals surface area contributed by atoms with Crippen molar-refractivity contribution in [3.05, 3.63) is 24.3 Å². The van der Waals surface area contributed by atoms with E-state index in [1.165, 1.54) is 41.2 Å². The number of amides is 5. The summed E-state index contributed by atoms with van der Waals surface area (Å²) in [4.78, 5) is 68.5. The first-order valence-electron chi connectivity index (χ1n) is 12.2. The van der Waals surface area contributed by atoms with Gasteiger partial charge in [0.1, 0.15) is 5.78 Å². The van der Waals surface area contributed by atoms with Crippen molar-refractivity contribution in [3.63, 3.8) is 0 Å². The van der Waals surface area contributed by atoms with Gasteiger partial charge in [-0.25, -0.2) is 0 Å². The van der Waals surface area contributed by atoms with E-state index in [-0.39, 0.29) is 35.3 Å². The van der Waals surface area contributed by atoms with E-state index in [1.54, 1.807) is 31.8 Å². The maximum atomic E-state index is 11.2. The van der Waals surface area contributed by atoms with Gasteiger partial charge in [0, 0.05) is 57.3 Å². The molecule has 0 fully saturated rings. The quantitative estimate of drug-likeness (QED) is 0.168. The summed E-state index contributed by atoms with van der Waals surface area (Å²) in [6.45, 7) is 2.47. The lowest BCUT2D eigenvalue weighted by Gasteiger charge is -2.12. The van der Waals surface area contributed by atoms with Crippen molar-refractivity contribution in [3.8, 4) is 0 Å². The minimum absolute atomic E-state index is 0.0231. The number of unbranched alkanes of at least 4 members (excludes halogenated alkanes) is 4. The van der Waals surface area contributed by atoms with Crippen LogP contribution in [0.15, 0.2) is 24.3 Å². The topological polar surface area (TPSA) is 147 Å². The Morgan fingerprint density at radius 1 is 0.718 bits per heavy atom. The Hall–Kier alpha value is -0.980. The zero-order valence-electron chi connectivity index (χ0n) is 23.4. The molecule has 2 heterocycles. The number of imide groups is 2. The fraction of sp³-hybridized carbons (Fsp3) is 0.600. The number of nitrogens with zero attached hydrogens (tertiary/aromatic N) is 2. The zero-order valence-corrected chi connectivity index (χ0v) is 29.3. The minimum atomic E-state index is -0.240. The minimum Gasteiger partial charge on any atom is -0.359 e. The molecular formula is C25H42I2N4O6S2. The Morgan fingerprint density at radius 2 is 1.03 bits per heavy atom. The second kappa shape index (κ2) is 30.0. The van der Waals surface area contributed by atoms with E-state index in [2.05, 4.69) is 53.5 Å². The lowest BCUT2D eigenvalue weighted by molar-refractivity contribution is -0.138. The summed E-state index contributed by atoms with van der Waals surface area (Å²) in [7, 11) is 6.55. The molecule has 2 rings (SSSR count). The normalized spacial score (nSPS) is 12.9. The first-order chi connectivity index (χ1) is 18.6. The maximum Gasteiger partial charge on any atom is 0.253 e. The summed E-state index contributed by atoms with van der Waals surface area (Å²) in [6.07, 6.45) is 15.1. The molecule has 14 heteroatoms. The van der Waals surface area contributed by atoms with Crippen LogP contribution in [0.2, 0.25) is 0 Å². The number of hydrogen-bond donors (Lipinski definition) is 2. The van der Waals surface area contributed by atoms with Crippen LogP contribution in [0.5, 0.6) is 0 Å². The Labute approximate surface area is 265 Å². The van der Waals surface area contributed by atoms with Crippen LogP contribution >= 0.6 is 60.3 Å². The van der Waals surface area contributed by atoms with Gasteiger partial charge in [-0.05, 0) is 94.6 Å². The van der Waals surface area contributed by atoms with Crippen molar-refractivity contribution in [2.45, 2.75) is 58.3 Å². The highest BCUT2D eigenvalue weighted by molar-refractivity contribution is 14.2. The standard InChI is InChI=1S/C11H16N2O3.C11H15NO3.2CH3IS.CH5N/c1-12-9(14)5-3-2-4-8-13-10(15)6-7-11(13)16;1-9(13)5-3-2-4-8-12-10(14)6-7-11(12)15;2*1-3-2;1-2/h6-7H,2-5,8H2,1H3,(H,12,14);6-7H,2-5,8H2,1H3;2*1H3;2H2,1H3. The largest absolute Gasteiger partial charge is 0.359 e. The highest BCUT2D eigenvalue weighted by Crippen LogP contribution is 2.08. The van der Waals surface area contributed by atoms with Crippen LogP contribution in [0.3, 0.4) is 0 Å². The third kappa shape index (κ3) is 24.5. The average molecular weight is 813 g/mol. The molecule has 224 valence electrons. The van der Waals surface area contributed by atoms with Crippen LogP contribution in [-0.4, -0.2) is 84.8 Å². The first kappa shape index (κ1) is 42.5. The molecule has 0 bridgehead atoms. The molecule has 0 saturated heterocycles. The number of halogens is 2. The van der Waals surface area contributed by atoms with Crippen LogP contribution in [-0.2, 0) is 28.8 Å². The zero-order chi connectivity index (χ0) is 30.6. The molecule has 2 aliphatic heterocycles. The van der Waals surface area contributed by atoms with Crippen LogP contribution in [0.25, 0.3) is 0 Å². The van der Waals surface area contributed by atoms with E-state index in [0.29, 0.717) is 25.9 Å². The lowest BCUT2D eigenvalue weighted by Crippen LogP contribution is -2.30. The third-order valence-electron chi connectivity index (χ3n) is 4.78. The number of carbonyl (C=O) groups excluding carboxylic acids is 6. The maximum absolute atomic E-state index is 11.2. The SMILES string of the molecule is CC(=O)CCCCCN1C(=O)C=CC1=O.CN.CNC(=O)CCCCCN1C(=O)C=CC1=O.CSI.CSI. The molecule has 0 aromatic heterocycles. The van der Waals surface area contributed by atoms with E-state index >= 15 is 0 Å². The van der Waals surface area contributed by atoms with Crippen LogP contribution < -0.4 is 11.1 Å². The average Bonchev–Trinajstić information content (AvgIpc) is 3.40. The van der Waals surface area contributed by atoms with Crippen molar-refractivity contribution in [2.75, 3.05) is 39.7 Å². The molecule has 0 aliphatic carbocycles. The van der Waals surface area contributed by atoms with Gasteiger partial charge in [-0.1, -0.05) is 30.7 Å². The lowest BCUT2D eigenvalue weighted by atomic mass is 10.1. The van der Waals surface area contributed by atoms with Gasteiger partial charge in [-0.3, -0.25) is 33.8 Å². The highest BCUT2D eigenvalue weighted by atomic mass is 127. The molecular weight excluding hydrogens is 770 g/mol. The predicted octanol–water partition coefficient (Wildman–Crippen LogP) is 4.25. The molecule has 0 atom stereocenters. The van der Waals surface area contributed by atoms with E-state index in [1.807, 2.05) is 12.5 Å². The van der Waals surface area contributed by atoms with Gasteiger partial charge in [-0.15, -0.1) is 0 Å². The van der Waals surface area contributed by atoms with Gasteiger partial charge >= 0.3 is 0 Å². The monoisotopic (exact) mass is 812 g/mol. The first-order valence-corrected chi connectivity index (χ1v) is 19.8. The summed E-state index contributed by atoms with van der Waals surface area (Å²) in [5.41, 5.74) is 4.50. The van der Waals surface area contributed by atoms with Crippen molar-refractivity contribution in [1.82, 2.24) is 15.1 Å².